The third-order valence-electron chi connectivity index (χ3n) is 3.88. The van der Waals surface area contributed by atoms with Gasteiger partial charge in [0.15, 0.2) is 11.6 Å². The second-order valence-corrected chi connectivity index (χ2v) is 5.88. The molecule has 0 bridgehead atoms. The Bertz CT molecular complexity index is 562. The SMILES string of the molecule is CN(CCOc1ccccc1F)CC(=O)NCC(=O)N1CCCC1. The number of hydrogen-bond donors (Lipinski definition) is 1. The van der Waals surface area contributed by atoms with Crippen LogP contribution < -0.4 is 10.1 Å². The van der Waals surface area contributed by atoms with Crippen molar-refractivity contribution in [2.75, 3.05) is 46.4 Å². The van der Waals surface area contributed by atoms with Crippen LogP contribution in [-0.4, -0.2) is 68.0 Å². The van der Waals surface area contributed by atoms with Gasteiger partial charge in [-0.1, -0.05) is 12.1 Å². The normalized spacial score (nSPS) is 14.0. The summed E-state index contributed by atoms with van der Waals surface area (Å²) in [6.07, 6.45) is 2.06. The van der Waals surface area contributed by atoms with Crippen LogP contribution >= 0.6 is 0 Å². The highest BCUT2D eigenvalue weighted by molar-refractivity contribution is 5.85. The van der Waals surface area contributed by atoms with Gasteiger partial charge < -0.3 is 15.0 Å². The zero-order chi connectivity index (χ0) is 17.4. The van der Waals surface area contributed by atoms with Crippen LogP contribution in [-0.2, 0) is 9.59 Å². The molecule has 0 aromatic heterocycles. The van der Waals surface area contributed by atoms with Gasteiger partial charge in [-0.25, -0.2) is 4.39 Å². The van der Waals surface area contributed by atoms with Crippen molar-refractivity contribution >= 4 is 11.8 Å². The Kier molecular flexibility index (Phi) is 6.99. The number of para-hydroxylation sites is 1. The molecule has 0 spiro atoms. The number of carbonyl (C=O) groups is 2. The summed E-state index contributed by atoms with van der Waals surface area (Å²) in [5.41, 5.74) is 0. The topological polar surface area (TPSA) is 61.9 Å². The predicted molar refractivity (Wildman–Crippen MR) is 88.2 cm³/mol. The quantitative estimate of drug-likeness (QED) is 0.765. The summed E-state index contributed by atoms with van der Waals surface area (Å²) in [5, 5.41) is 2.63. The molecule has 1 aliphatic heterocycles. The van der Waals surface area contributed by atoms with E-state index in [-0.39, 0.29) is 37.3 Å². The molecule has 1 aromatic rings. The average molecular weight is 337 g/mol. The van der Waals surface area contributed by atoms with E-state index in [2.05, 4.69) is 5.32 Å². The Morgan fingerprint density at radius 2 is 2.00 bits per heavy atom. The Morgan fingerprint density at radius 1 is 1.29 bits per heavy atom. The molecule has 2 rings (SSSR count). The first kappa shape index (κ1) is 18.2. The number of likely N-dealkylation sites (N-methyl/N-ethyl adjacent to an activating group) is 1. The number of nitrogens with zero attached hydrogens (tertiary/aromatic N) is 2. The maximum absolute atomic E-state index is 13.4. The summed E-state index contributed by atoms with van der Waals surface area (Å²) in [7, 11) is 1.77. The summed E-state index contributed by atoms with van der Waals surface area (Å²) in [5.74, 6) is -0.452. The lowest BCUT2D eigenvalue weighted by molar-refractivity contribution is -0.132. The van der Waals surface area contributed by atoms with Crippen molar-refractivity contribution < 1.29 is 18.7 Å². The summed E-state index contributed by atoms with van der Waals surface area (Å²) in [6, 6.07) is 6.20. The minimum atomic E-state index is -0.404. The average Bonchev–Trinajstić information content (AvgIpc) is 3.09. The largest absolute Gasteiger partial charge is 0.489 e. The van der Waals surface area contributed by atoms with Crippen molar-refractivity contribution in [1.29, 1.82) is 0 Å². The third kappa shape index (κ3) is 5.81. The fraction of sp³-hybridized carbons (Fsp3) is 0.529. The minimum Gasteiger partial charge on any atom is -0.489 e. The second kappa shape index (κ2) is 9.22. The zero-order valence-electron chi connectivity index (χ0n) is 14.0. The number of likely N-dealkylation sites (tertiary alicyclic amines) is 1. The molecule has 6 nitrogen and oxygen atoms in total. The van der Waals surface area contributed by atoms with E-state index in [0.717, 1.165) is 25.9 Å². The Morgan fingerprint density at radius 3 is 2.71 bits per heavy atom. The zero-order valence-corrected chi connectivity index (χ0v) is 14.0. The number of rotatable bonds is 8. The molecule has 1 aliphatic rings. The molecule has 1 aromatic carbocycles. The van der Waals surface area contributed by atoms with Gasteiger partial charge in [0.05, 0.1) is 13.1 Å². The number of carbonyl (C=O) groups excluding carboxylic acids is 2. The highest BCUT2D eigenvalue weighted by Gasteiger charge is 2.18. The van der Waals surface area contributed by atoms with Gasteiger partial charge in [0.1, 0.15) is 6.61 Å². The van der Waals surface area contributed by atoms with E-state index in [1.54, 1.807) is 35.0 Å². The van der Waals surface area contributed by atoms with E-state index >= 15 is 0 Å². The standard InChI is InChI=1S/C17H24FN3O3/c1-20(10-11-24-15-7-3-2-6-14(15)18)13-16(22)19-12-17(23)21-8-4-5-9-21/h2-3,6-7H,4-5,8-13H2,1H3,(H,19,22). The third-order valence-corrected chi connectivity index (χ3v) is 3.88. The van der Waals surface area contributed by atoms with Crippen molar-refractivity contribution in [3.63, 3.8) is 0 Å². The van der Waals surface area contributed by atoms with E-state index < -0.39 is 5.82 Å². The van der Waals surface area contributed by atoms with E-state index in [9.17, 15) is 14.0 Å². The molecular formula is C17H24FN3O3. The molecule has 2 amide bonds. The summed E-state index contributed by atoms with van der Waals surface area (Å²) >= 11 is 0. The maximum Gasteiger partial charge on any atom is 0.241 e. The molecule has 0 saturated carbocycles. The van der Waals surface area contributed by atoms with Crippen LogP contribution in [0.3, 0.4) is 0 Å². The highest BCUT2D eigenvalue weighted by atomic mass is 19.1. The van der Waals surface area contributed by atoms with E-state index in [1.807, 2.05) is 0 Å². The first-order chi connectivity index (χ1) is 11.6. The minimum absolute atomic E-state index is 0.0358. The first-order valence-electron chi connectivity index (χ1n) is 8.16. The Hall–Kier alpha value is -2.15. The molecule has 132 valence electrons. The van der Waals surface area contributed by atoms with Crippen LogP contribution in [0.25, 0.3) is 0 Å². The lowest BCUT2D eigenvalue weighted by Crippen LogP contribution is -2.42. The summed E-state index contributed by atoms with van der Waals surface area (Å²) < 4.78 is 18.7. The second-order valence-electron chi connectivity index (χ2n) is 5.88. The number of hydrogen-bond acceptors (Lipinski definition) is 4. The molecular weight excluding hydrogens is 313 g/mol. The van der Waals surface area contributed by atoms with Crippen LogP contribution in [0.5, 0.6) is 5.75 Å². The fourth-order valence-electron chi connectivity index (χ4n) is 2.51. The number of amides is 2. The summed E-state index contributed by atoms with van der Waals surface area (Å²) in [6.45, 7) is 2.51. The summed E-state index contributed by atoms with van der Waals surface area (Å²) in [4.78, 5) is 27.2. The smallest absolute Gasteiger partial charge is 0.241 e. The van der Waals surface area contributed by atoms with Crippen LogP contribution in [0.15, 0.2) is 24.3 Å². The molecule has 0 radical (unpaired) electrons. The van der Waals surface area contributed by atoms with Crippen LogP contribution in [0.1, 0.15) is 12.8 Å². The van der Waals surface area contributed by atoms with Crippen molar-refractivity contribution in [3.05, 3.63) is 30.1 Å². The van der Waals surface area contributed by atoms with Crippen molar-refractivity contribution in [3.8, 4) is 5.75 Å². The van der Waals surface area contributed by atoms with Crippen molar-refractivity contribution in [2.24, 2.45) is 0 Å². The van der Waals surface area contributed by atoms with Crippen LogP contribution in [0.4, 0.5) is 4.39 Å². The lowest BCUT2D eigenvalue weighted by atomic mass is 10.3. The number of ether oxygens (including phenoxy) is 1. The highest BCUT2D eigenvalue weighted by Crippen LogP contribution is 2.14. The van der Waals surface area contributed by atoms with E-state index in [1.165, 1.54) is 6.07 Å². The molecule has 1 fully saturated rings. The molecule has 1 saturated heterocycles. The van der Waals surface area contributed by atoms with Crippen molar-refractivity contribution in [2.45, 2.75) is 12.8 Å². The van der Waals surface area contributed by atoms with Gasteiger partial charge >= 0.3 is 0 Å². The Labute approximate surface area is 141 Å². The molecule has 1 N–H and O–H groups in total. The molecule has 0 aliphatic carbocycles. The van der Waals surface area contributed by atoms with Gasteiger partial charge in [-0.05, 0) is 32.0 Å². The van der Waals surface area contributed by atoms with Gasteiger partial charge in [-0.15, -0.1) is 0 Å². The van der Waals surface area contributed by atoms with Gasteiger partial charge in [-0.3, -0.25) is 14.5 Å². The monoisotopic (exact) mass is 337 g/mol. The first-order valence-corrected chi connectivity index (χ1v) is 8.16. The number of halogens is 1. The molecule has 24 heavy (non-hydrogen) atoms. The van der Waals surface area contributed by atoms with Crippen LogP contribution in [0, 0.1) is 5.82 Å². The molecule has 7 heteroatoms. The lowest BCUT2D eigenvalue weighted by Gasteiger charge is -2.18. The predicted octanol–water partition coefficient (Wildman–Crippen LogP) is 0.875. The van der Waals surface area contributed by atoms with Crippen molar-refractivity contribution in [1.82, 2.24) is 15.1 Å². The van der Waals surface area contributed by atoms with Gasteiger partial charge in [0, 0.05) is 19.6 Å². The number of benzene rings is 1. The Balaban J connectivity index is 1.61. The maximum atomic E-state index is 13.4. The van der Waals surface area contributed by atoms with E-state index in [4.69, 9.17) is 4.74 Å². The molecule has 1 heterocycles. The van der Waals surface area contributed by atoms with Gasteiger partial charge in [0.2, 0.25) is 11.8 Å². The van der Waals surface area contributed by atoms with Gasteiger partial charge in [-0.2, -0.15) is 0 Å². The van der Waals surface area contributed by atoms with Crippen LogP contribution in [0.2, 0.25) is 0 Å². The van der Waals surface area contributed by atoms with Gasteiger partial charge in [0.25, 0.3) is 0 Å². The van der Waals surface area contributed by atoms with E-state index in [0.29, 0.717) is 6.54 Å². The fourth-order valence-corrected chi connectivity index (χ4v) is 2.51. The number of nitrogens with one attached hydrogen (secondary N) is 1. The molecule has 0 unspecified atom stereocenters. The molecule has 0 atom stereocenters.